The smallest absolute Gasteiger partial charge is 0.193 e. The molecule has 164 valence electrons. The third-order valence-electron chi connectivity index (χ3n) is 7.02. The molecule has 1 N–H and O–H groups in total. The van der Waals surface area contributed by atoms with Crippen LogP contribution in [0.5, 0.6) is 5.75 Å². The Bertz CT molecular complexity index is 738. The van der Waals surface area contributed by atoms with E-state index in [9.17, 15) is 0 Å². The molecule has 2 fully saturated rings. The maximum atomic E-state index is 5.35. The number of rotatable bonds is 5. The van der Waals surface area contributed by atoms with E-state index in [4.69, 9.17) is 4.74 Å². The monoisotopic (exact) mass is 411 g/mol. The van der Waals surface area contributed by atoms with E-state index in [1.165, 1.54) is 24.8 Å². The topological polar surface area (TPSA) is 43.3 Å². The van der Waals surface area contributed by atoms with Crippen molar-refractivity contribution in [3.8, 4) is 5.75 Å². The molecule has 0 aromatic heterocycles. The van der Waals surface area contributed by atoms with Crippen LogP contribution in [0.2, 0.25) is 0 Å². The van der Waals surface area contributed by atoms with Gasteiger partial charge in [-0.05, 0) is 56.5 Å². The summed E-state index contributed by atoms with van der Waals surface area (Å²) in [5.41, 5.74) is 1.38. The molecule has 6 nitrogen and oxygen atoms in total. The van der Waals surface area contributed by atoms with Gasteiger partial charge < -0.3 is 15.0 Å². The molecule has 0 radical (unpaired) electrons. The minimum absolute atomic E-state index is 0.428. The SMILES string of the molecule is CN=C(NCC1CCCN(C)C1c1ccc(OC)cc1)N1CCC(N2CC=CC2)C1. The number of methoxy groups -OCH3 is 1. The molecule has 3 aliphatic rings. The van der Waals surface area contributed by atoms with Crippen LogP contribution in [-0.2, 0) is 0 Å². The van der Waals surface area contributed by atoms with Gasteiger partial charge in [0.05, 0.1) is 7.11 Å². The number of nitrogens with zero attached hydrogens (tertiary/aromatic N) is 4. The van der Waals surface area contributed by atoms with E-state index >= 15 is 0 Å². The second-order valence-electron chi connectivity index (χ2n) is 8.84. The first-order valence-electron chi connectivity index (χ1n) is 11.4. The highest BCUT2D eigenvalue weighted by atomic mass is 16.5. The van der Waals surface area contributed by atoms with E-state index in [-0.39, 0.29) is 0 Å². The van der Waals surface area contributed by atoms with Crippen LogP contribution >= 0.6 is 0 Å². The second kappa shape index (κ2) is 9.84. The molecule has 30 heavy (non-hydrogen) atoms. The lowest BCUT2D eigenvalue weighted by molar-refractivity contribution is 0.122. The largest absolute Gasteiger partial charge is 0.497 e. The van der Waals surface area contributed by atoms with E-state index in [0.717, 1.165) is 51.0 Å². The first-order chi connectivity index (χ1) is 14.7. The van der Waals surface area contributed by atoms with Gasteiger partial charge in [0.15, 0.2) is 5.96 Å². The van der Waals surface area contributed by atoms with Crippen molar-refractivity contribution in [3.05, 3.63) is 42.0 Å². The fourth-order valence-electron chi connectivity index (χ4n) is 5.38. The van der Waals surface area contributed by atoms with Gasteiger partial charge in [0.1, 0.15) is 5.75 Å². The van der Waals surface area contributed by atoms with Gasteiger partial charge in [-0.15, -0.1) is 0 Å². The Balaban J connectivity index is 1.37. The molecule has 3 unspecified atom stereocenters. The lowest BCUT2D eigenvalue weighted by Gasteiger charge is -2.40. The fraction of sp³-hybridized carbons (Fsp3) is 0.625. The molecule has 0 bridgehead atoms. The van der Waals surface area contributed by atoms with Crippen LogP contribution in [0.3, 0.4) is 0 Å². The van der Waals surface area contributed by atoms with Gasteiger partial charge in [-0.2, -0.15) is 0 Å². The first kappa shape index (κ1) is 21.2. The number of aliphatic imine (C=N–C) groups is 1. The molecule has 4 rings (SSSR count). The zero-order chi connectivity index (χ0) is 20.9. The second-order valence-corrected chi connectivity index (χ2v) is 8.84. The predicted octanol–water partition coefficient (Wildman–Crippen LogP) is 2.60. The van der Waals surface area contributed by atoms with Gasteiger partial charge in [-0.1, -0.05) is 24.3 Å². The van der Waals surface area contributed by atoms with Crippen LogP contribution in [0, 0.1) is 5.92 Å². The van der Waals surface area contributed by atoms with Crippen molar-refractivity contribution in [3.63, 3.8) is 0 Å². The Kier molecular flexibility index (Phi) is 6.95. The number of nitrogens with one attached hydrogen (secondary N) is 1. The molecular formula is C24H37N5O. The van der Waals surface area contributed by atoms with Gasteiger partial charge >= 0.3 is 0 Å². The van der Waals surface area contributed by atoms with Gasteiger partial charge in [-0.25, -0.2) is 0 Å². The van der Waals surface area contributed by atoms with Crippen molar-refractivity contribution >= 4 is 5.96 Å². The number of hydrogen-bond acceptors (Lipinski definition) is 4. The van der Waals surface area contributed by atoms with Crippen LogP contribution in [0.1, 0.15) is 30.9 Å². The maximum Gasteiger partial charge on any atom is 0.193 e. The lowest BCUT2D eigenvalue weighted by Crippen LogP contribution is -2.47. The number of hydrogen-bond donors (Lipinski definition) is 1. The highest BCUT2D eigenvalue weighted by Crippen LogP contribution is 2.35. The molecule has 2 saturated heterocycles. The Morgan fingerprint density at radius 3 is 2.60 bits per heavy atom. The minimum atomic E-state index is 0.428. The van der Waals surface area contributed by atoms with E-state index < -0.39 is 0 Å². The van der Waals surface area contributed by atoms with E-state index in [1.54, 1.807) is 7.11 Å². The van der Waals surface area contributed by atoms with Crippen molar-refractivity contribution in [2.75, 3.05) is 60.5 Å². The standard InChI is InChI=1S/C24H37N5O/c1-25-24(29-16-12-21(18-29)28-14-4-5-15-28)26-17-20-7-6-13-27(2)23(20)19-8-10-22(30-3)11-9-19/h4-5,8-11,20-21,23H,6-7,12-18H2,1-3H3,(H,25,26). The molecular weight excluding hydrogens is 374 g/mol. The van der Waals surface area contributed by atoms with Crippen LogP contribution in [-0.4, -0.2) is 87.2 Å². The lowest BCUT2D eigenvalue weighted by atomic mass is 9.85. The van der Waals surface area contributed by atoms with Crippen molar-refractivity contribution in [2.24, 2.45) is 10.9 Å². The summed E-state index contributed by atoms with van der Waals surface area (Å²) in [6, 6.07) is 9.69. The summed E-state index contributed by atoms with van der Waals surface area (Å²) in [6.45, 7) is 6.48. The van der Waals surface area contributed by atoms with Crippen molar-refractivity contribution in [1.82, 2.24) is 20.0 Å². The molecule has 0 amide bonds. The molecule has 6 heteroatoms. The molecule has 1 aromatic rings. The number of guanidine groups is 1. The minimum Gasteiger partial charge on any atom is -0.497 e. The summed E-state index contributed by atoms with van der Waals surface area (Å²) in [6.07, 6.45) is 8.29. The van der Waals surface area contributed by atoms with Gasteiger partial charge in [0.2, 0.25) is 0 Å². The Labute approximate surface area is 181 Å². The Hall–Kier alpha value is -2.05. The normalized spacial score (nSPS) is 28.3. The van der Waals surface area contributed by atoms with E-state index in [0.29, 0.717) is 18.0 Å². The van der Waals surface area contributed by atoms with Crippen LogP contribution in [0.15, 0.2) is 41.4 Å². The quantitative estimate of drug-likeness (QED) is 0.458. The zero-order valence-corrected chi connectivity index (χ0v) is 18.8. The molecule has 0 spiro atoms. The van der Waals surface area contributed by atoms with E-state index in [1.807, 2.05) is 7.05 Å². The van der Waals surface area contributed by atoms with E-state index in [2.05, 4.69) is 68.5 Å². The third kappa shape index (κ3) is 4.65. The predicted molar refractivity (Wildman–Crippen MR) is 123 cm³/mol. The number of ether oxygens (including phenoxy) is 1. The number of likely N-dealkylation sites (tertiary alicyclic amines) is 2. The average Bonchev–Trinajstić information content (AvgIpc) is 3.47. The summed E-state index contributed by atoms with van der Waals surface area (Å²) in [5.74, 6) is 2.55. The van der Waals surface area contributed by atoms with Crippen molar-refractivity contribution in [2.45, 2.75) is 31.3 Å². The highest BCUT2D eigenvalue weighted by molar-refractivity contribution is 5.80. The third-order valence-corrected chi connectivity index (χ3v) is 7.02. The van der Waals surface area contributed by atoms with Crippen molar-refractivity contribution in [1.29, 1.82) is 0 Å². The maximum absolute atomic E-state index is 5.35. The number of benzene rings is 1. The Morgan fingerprint density at radius 1 is 1.13 bits per heavy atom. The summed E-state index contributed by atoms with van der Waals surface area (Å²) < 4.78 is 5.35. The zero-order valence-electron chi connectivity index (χ0n) is 18.8. The van der Waals surface area contributed by atoms with Gasteiger partial charge in [0.25, 0.3) is 0 Å². The van der Waals surface area contributed by atoms with Gasteiger partial charge in [0, 0.05) is 51.9 Å². The summed E-state index contributed by atoms with van der Waals surface area (Å²) in [5, 5.41) is 3.73. The molecule has 3 aliphatic heterocycles. The average molecular weight is 412 g/mol. The fourth-order valence-corrected chi connectivity index (χ4v) is 5.38. The van der Waals surface area contributed by atoms with Crippen LogP contribution in [0.4, 0.5) is 0 Å². The van der Waals surface area contributed by atoms with Gasteiger partial charge in [-0.3, -0.25) is 14.8 Å². The molecule has 3 atom stereocenters. The molecule has 0 saturated carbocycles. The summed E-state index contributed by atoms with van der Waals surface area (Å²) >= 11 is 0. The number of piperidine rings is 1. The molecule has 3 heterocycles. The molecule has 0 aliphatic carbocycles. The summed E-state index contributed by atoms with van der Waals surface area (Å²) in [4.78, 5) is 12.1. The molecule has 1 aromatic carbocycles. The first-order valence-corrected chi connectivity index (χ1v) is 11.4. The van der Waals surface area contributed by atoms with Crippen LogP contribution in [0.25, 0.3) is 0 Å². The summed E-state index contributed by atoms with van der Waals surface area (Å²) in [7, 11) is 5.90. The highest BCUT2D eigenvalue weighted by Gasteiger charge is 2.32. The van der Waals surface area contributed by atoms with Crippen LogP contribution < -0.4 is 10.1 Å². The Morgan fingerprint density at radius 2 is 1.90 bits per heavy atom. The van der Waals surface area contributed by atoms with Crippen molar-refractivity contribution < 1.29 is 4.74 Å².